The van der Waals surface area contributed by atoms with Crippen LogP contribution in [0, 0.1) is 10.1 Å². The van der Waals surface area contributed by atoms with Gasteiger partial charge in [0.1, 0.15) is 11.1 Å². The van der Waals surface area contributed by atoms with Gasteiger partial charge in [-0.1, -0.05) is 18.5 Å². The Kier molecular flexibility index (Phi) is 7.26. The Labute approximate surface area is 142 Å². The van der Waals surface area contributed by atoms with Gasteiger partial charge in [-0.3, -0.25) is 14.9 Å². The number of carboxylic acids is 1. The van der Waals surface area contributed by atoms with Gasteiger partial charge in [-0.05, 0) is 30.1 Å². The summed E-state index contributed by atoms with van der Waals surface area (Å²) in [4.78, 5) is 20.8. The molecular formula is C12H15ClN2O6S2. The lowest BCUT2D eigenvalue weighted by Gasteiger charge is -2.14. The normalized spacial score (nSPS) is 12.8. The smallest absolute Gasteiger partial charge is 0.321 e. The third-order valence-corrected chi connectivity index (χ3v) is 5.50. The van der Waals surface area contributed by atoms with Gasteiger partial charge in [0.15, 0.2) is 0 Å². The SMILES string of the molecule is CCSCCC(NS(=O)(=O)c1ccc(Cl)c([N+](=O)[O-])c1)C(=O)O. The molecule has 1 aromatic rings. The van der Waals surface area contributed by atoms with E-state index in [4.69, 9.17) is 16.7 Å². The predicted molar refractivity (Wildman–Crippen MR) is 87.5 cm³/mol. The minimum atomic E-state index is -4.22. The lowest BCUT2D eigenvalue weighted by Crippen LogP contribution is -2.41. The standard InChI is InChI=1S/C12H15ClN2O6S2/c1-2-22-6-5-10(12(16)17)14-23(20,21)8-3-4-9(13)11(7-8)15(18)19/h3-4,7,10,14H,2,5-6H2,1H3,(H,16,17). The Hall–Kier alpha value is -1.36. The molecule has 23 heavy (non-hydrogen) atoms. The first-order chi connectivity index (χ1) is 10.7. The summed E-state index contributed by atoms with van der Waals surface area (Å²) in [7, 11) is -4.22. The van der Waals surface area contributed by atoms with Crippen molar-refractivity contribution < 1.29 is 23.2 Å². The van der Waals surface area contributed by atoms with Crippen LogP contribution in [-0.4, -0.2) is 42.0 Å². The van der Waals surface area contributed by atoms with E-state index in [1.807, 2.05) is 11.6 Å². The van der Waals surface area contributed by atoms with Crippen molar-refractivity contribution in [3.05, 3.63) is 33.3 Å². The highest BCUT2D eigenvalue weighted by atomic mass is 35.5. The molecule has 2 N–H and O–H groups in total. The lowest BCUT2D eigenvalue weighted by atomic mass is 10.2. The zero-order valence-electron chi connectivity index (χ0n) is 12.1. The molecular weight excluding hydrogens is 368 g/mol. The van der Waals surface area contributed by atoms with Crippen molar-refractivity contribution >= 4 is 45.0 Å². The summed E-state index contributed by atoms with van der Waals surface area (Å²) in [6, 6.07) is 1.65. The number of nitro groups is 1. The predicted octanol–water partition coefficient (Wildman–Crippen LogP) is 2.12. The Morgan fingerprint density at radius 3 is 2.70 bits per heavy atom. The van der Waals surface area contributed by atoms with E-state index in [1.165, 1.54) is 11.8 Å². The third kappa shape index (κ3) is 5.65. The summed E-state index contributed by atoms with van der Waals surface area (Å²) in [5.74, 6) is -0.0621. The molecule has 0 aliphatic rings. The Morgan fingerprint density at radius 2 is 2.17 bits per heavy atom. The van der Waals surface area contributed by atoms with E-state index in [0.29, 0.717) is 5.75 Å². The monoisotopic (exact) mass is 382 g/mol. The molecule has 1 aromatic carbocycles. The van der Waals surface area contributed by atoms with Gasteiger partial charge in [-0.2, -0.15) is 16.5 Å². The number of benzene rings is 1. The van der Waals surface area contributed by atoms with Crippen LogP contribution in [0.25, 0.3) is 0 Å². The van der Waals surface area contributed by atoms with Crippen molar-refractivity contribution in [1.29, 1.82) is 0 Å². The number of thioether (sulfide) groups is 1. The highest BCUT2D eigenvalue weighted by Crippen LogP contribution is 2.27. The molecule has 0 spiro atoms. The van der Waals surface area contributed by atoms with Gasteiger partial charge in [-0.15, -0.1) is 0 Å². The fourth-order valence-corrected chi connectivity index (χ4v) is 3.75. The Morgan fingerprint density at radius 1 is 1.52 bits per heavy atom. The highest BCUT2D eigenvalue weighted by molar-refractivity contribution is 7.99. The number of hydrogen-bond donors (Lipinski definition) is 2. The first-order valence-corrected chi connectivity index (χ1v) is 9.47. The van der Waals surface area contributed by atoms with Crippen molar-refractivity contribution in [3.63, 3.8) is 0 Å². The van der Waals surface area contributed by atoms with Crippen LogP contribution in [0.1, 0.15) is 13.3 Å². The topological polar surface area (TPSA) is 127 Å². The molecule has 0 fully saturated rings. The summed E-state index contributed by atoms with van der Waals surface area (Å²) in [6.07, 6.45) is 0.1000. The van der Waals surface area contributed by atoms with Gasteiger partial charge < -0.3 is 5.11 Å². The highest BCUT2D eigenvalue weighted by Gasteiger charge is 2.27. The van der Waals surface area contributed by atoms with Crippen LogP contribution < -0.4 is 4.72 Å². The van der Waals surface area contributed by atoms with Crippen molar-refractivity contribution in [2.75, 3.05) is 11.5 Å². The van der Waals surface area contributed by atoms with E-state index in [2.05, 4.69) is 0 Å². The number of carbonyl (C=O) groups is 1. The van der Waals surface area contributed by atoms with Crippen molar-refractivity contribution in [2.24, 2.45) is 0 Å². The number of sulfonamides is 1. The minimum absolute atomic E-state index is 0.1000. The average Bonchev–Trinajstić information content (AvgIpc) is 2.46. The molecule has 128 valence electrons. The zero-order chi connectivity index (χ0) is 17.6. The molecule has 0 aliphatic carbocycles. The largest absolute Gasteiger partial charge is 0.480 e. The second-order valence-electron chi connectivity index (χ2n) is 4.37. The zero-order valence-corrected chi connectivity index (χ0v) is 14.4. The summed E-state index contributed by atoms with van der Waals surface area (Å²) in [6.45, 7) is 1.90. The molecule has 0 radical (unpaired) electrons. The van der Waals surface area contributed by atoms with E-state index in [-0.39, 0.29) is 11.4 Å². The molecule has 11 heteroatoms. The van der Waals surface area contributed by atoms with Gasteiger partial charge >= 0.3 is 5.97 Å². The van der Waals surface area contributed by atoms with Crippen LogP contribution >= 0.6 is 23.4 Å². The first kappa shape index (κ1) is 19.7. The van der Waals surface area contributed by atoms with E-state index >= 15 is 0 Å². The molecule has 1 rings (SSSR count). The van der Waals surface area contributed by atoms with E-state index in [1.54, 1.807) is 0 Å². The maximum absolute atomic E-state index is 12.2. The molecule has 0 amide bonds. The van der Waals surface area contributed by atoms with E-state index in [0.717, 1.165) is 24.0 Å². The van der Waals surface area contributed by atoms with Crippen LogP contribution in [0.3, 0.4) is 0 Å². The summed E-state index contributed by atoms with van der Waals surface area (Å²) in [5.41, 5.74) is -0.567. The fraction of sp³-hybridized carbons (Fsp3) is 0.417. The summed E-state index contributed by atoms with van der Waals surface area (Å²) < 4.78 is 26.5. The number of nitrogens with one attached hydrogen (secondary N) is 1. The number of halogens is 1. The maximum atomic E-state index is 12.2. The number of nitrogens with zero attached hydrogens (tertiary/aromatic N) is 1. The van der Waals surface area contributed by atoms with Crippen molar-refractivity contribution in [3.8, 4) is 0 Å². The molecule has 1 unspecified atom stereocenters. The summed E-state index contributed by atoms with van der Waals surface area (Å²) >= 11 is 7.11. The summed E-state index contributed by atoms with van der Waals surface area (Å²) in [5, 5.41) is 19.7. The second-order valence-corrected chi connectivity index (χ2v) is 7.88. The number of hydrogen-bond acceptors (Lipinski definition) is 6. The minimum Gasteiger partial charge on any atom is -0.480 e. The molecule has 0 bridgehead atoms. The van der Waals surface area contributed by atoms with Crippen LogP contribution in [0.4, 0.5) is 5.69 Å². The van der Waals surface area contributed by atoms with Crippen LogP contribution in [0.5, 0.6) is 0 Å². The molecule has 1 atom stereocenters. The number of aliphatic carboxylic acids is 1. The maximum Gasteiger partial charge on any atom is 0.321 e. The fourth-order valence-electron chi connectivity index (χ4n) is 1.63. The van der Waals surface area contributed by atoms with Crippen LogP contribution in [-0.2, 0) is 14.8 Å². The third-order valence-electron chi connectivity index (χ3n) is 2.78. The number of nitro benzene ring substituents is 1. The van der Waals surface area contributed by atoms with Crippen LogP contribution in [0.15, 0.2) is 23.1 Å². The van der Waals surface area contributed by atoms with Gasteiger partial charge in [0.05, 0.1) is 9.82 Å². The van der Waals surface area contributed by atoms with Gasteiger partial charge in [0.2, 0.25) is 10.0 Å². The number of carboxylic acid groups (broad SMARTS) is 1. The molecule has 0 aliphatic heterocycles. The lowest BCUT2D eigenvalue weighted by molar-refractivity contribution is -0.384. The molecule has 0 saturated heterocycles. The van der Waals surface area contributed by atoms with Crippen molar-refractivity contribution in [1.82, 2.24) is 4.72 Å². The van der Waals surface area contributed by atoms with Crippen LogP contribution in [0.2, 0.25) is 5.02 Å². The molecule has 0 heterocycles. The Bertz CT molecular complexity index is 695. The van der Waals surface area contributed by atoms with Gasteiger partial charge in [-0.25, -0.2) is 8.42 Å². The molecule has 0 saturated carbocycles. The second kappa shape index (κ2) is 8.48. The molecule has 0 aromatic heterocycles. The number of rotatable bonds is 9. The van der Waals surface area contributed by atoms with Crippen molar-refractivity contribution in [2.45, 2.75) is 24.3 Å². The quantitative estimate of drug-likeness (QED) is 0.380. The van der Waals surface area contributed by atoms with Gasteiger partial charge in [0, 0.05) is 6.07 Å². The van der Waals surface area contributed by atoms with E-state index < -0.39 is 37.5 Å². The van der Waals surface area contributed by atoms with Gasteiger partial charge in [0.25, 0.3) is 5.69 Å². The van der Waals surface area contributed by atoms with E-state index in [9.17, 15) is 23.3 Å². The first-order valence-electron chi connectivity index (χ1n) is 6.46. The molecule has 8 nitrogen and oxygen atoms in total. The average molecular weight is 383 g/mol. The Balaban J connectivity index is 3.03.